The number of rotatable bonds is 9. The van der Waals surface area contributed by atoms with Crippen molar-refractivity contribution >= 4 is 0 Å². The van der Waals surface area contributed by atoms with Crippen molar-refractivity contribution in [2.75, 3.05) is 26.3 Å². The fourth-order valence-electron chi connectivity index (χ4n) is 2.84. The van der Waals surface area contributed by atoms with Gasteiger partial charge in [0, 0.05) is 11.1 Å². The highest BCUT2D eigenvalue weighted by Gasteiger charge is 2.30. The van der Waals surface area contributed by atoms with Crippen LogP contribution in [0.5, 0.6) is 0 Å². The van der Waals surface area contributed by atoms with Crippen LogP contribution in [0.3, 0.4) is 0 Å². The number of quaternary nitrogens is 2. The predicted octanol–water partition coefficient (Wildman–Crippen LogP) is -0.420. The predicted molar refractivity (Wildman–Crippen MR) is 86.1 cm³/mol. The Kier molecular flexibility index (Phi) is 7.06. The molecule has 0 aliphatic rings. The summed E-state index contributed by atoms with van der Waals surface area (Å²) in [7, 11) is 0. The Balaban J connectivity index is 2.30. The van der Waals surface area contributed by atoms with Gasteiger partial charge >= 0.3 is 0 Å². The maximum atomic E-state index is 9.21. The van der Waals surface area contributed by atoms with E-state index < -0.39 is 0 Å². The lowest BCUT2D eigenvalue weighted by Crippen LogP contribution is -2.96. The number of aliphatic hydroxyl groups is 2. The topological polar surface area (TPSA) is 73.7 Å². The summed E-state index contributed by atoms with van der Waals surface area (Å²) in [5, 5.41) is 22.8. The molecule has 0 heterocycles. The molecule has 2 atom stereocenters. The van der Waals surface area contributed by atoms with Crippen LogP contribution in [0, 0.1) is 0 Å². The second-order valence-electron chi connectivity index (χ2n) is 5.37. The molecule has 0 radical (unpaired) electrons. The van der Waals surface area contributed by atoms with E-state index in [-0.39, 0.29) is 25.3 Å². The second-order valence-corrected chi connectivity index (χ2v) is 5.37. The van der Waals surface area contributed by atoms with Gasteiger partial charge in [0.05, 0.1) is 26.3 Å². The SMILES string of the molecule is OCC[NH2+][C@H](c1ccccc1)[C@@H]([NH2+]CCO)c1ccccc1. The van der Waals surface area contributed by atoms with Crippen LogP contribution in [0.2, 0.25) is 0 Å². The number of hydrogen-bond acceptors (Lipinski definition) is 2. The molecule has 0 fully saturated rings. The Labute approximate surface area is 131 Å². The first-order chi connectivity index (χ1) is 10.9. The Morgan fingerprint density at radius 3 is 1.32 bits per heavy atom. The zero-order valence-corrected chi connectivity index (χ0v) is 12.8. The zero-order chi connectivity index (χ0) is 15.6. The molecule has 0 saturated heterocycles. The number of aliphatic hydroxyl groups excluding tert-OH is 2. The van der Waals surface area contributed by atoms with E-state index in [4.69, 9.17) is 0 Å². The van der Waals surface area contributed by atoms with Crippen LogP contribution in [0.1, 0.15) is 23.2 Å². The van der Waals surface area contributed by atoms with Crippen molar-refractivity contribution < 1.29 is 20.8 Å². The van der Waals surface area contributed by atoms with Crippen LogP contribution in [0.4, 0.5) is 0 Å². The molecular formula is C18H26N2O2+2. The third-order valence-electron chi connectivity index (χ3n) is 3.86. The number of benzene rings is 2. The first kappa shape index (κ1) is 16.6. The third-order valence-corrected chi connectivity index (χ3v) is 3.86. The van der Waals surface area contributed by atoms with Crippen molar-refractivity contribution in [3.05, 3.63) is 71.8 Å². The van der Waals surface area contributed by atoms with Crippen LogP contribution in [-0.2, 0) is 0 Å². The van der Waals surface area contributed by atoms with E-state index in [0.29, 0.717) is 13.1 Å². The van der Waals surface area contributed by atoms with Gasteiger partial charge in [0.1, 0.15) is 0 Å². The molecule has 118 valence electrons. The van der Waals surface area contributed by atoms with Gasteiger partial charge in [-0.15, -0.1) is 0 Å². The van der Waals surface area contributed by atoms with Crippen molar-refractivity contribution in [3.8, 4) is 0 Å². The Morgan fingerprint density at radius 2 is 1.00 bits per heavy atom. The number of hydrogen-bond donors (Lipinski definition) is 4. The van der Waals surface area contributed by atoms with Gasteiger partial charge in [-0.05, 0) is 0 Å². The summed E-state index contributed by atoms with van der Waals surface area (Å²) in [6.07, 6.45) is 0. The average Bonchev–Trinajstić information content (AvgIpc) is 2.59. The van der Waals surface area contributed by atoms with Crippen LogP contribution in [0.15, 0.2) is 60.7 Å². The average molecular weight is 302 g/mol. The molecule has 0 aromatic heterocycles. The summed E-state index contributed by atoms with van der Waals surface area (Å²) in [5.41, 5.74) is 2.47. The number of nitrogens with two attached hydrogens (primary N) is 2. The van der Waals surface area contributed by atoms with Gasteiger partial charge in [0.2, 0.25) is 0 Å². The van der Waals surface area contributed by atoms with Gasteiger partial charge in [-0.2, -0.15) is 0 Å². The van der Waals surface area contributed by atoms with E-state index in [1.807, 2.05) is 36.4 Å². The molecule has 0 amide bonds. The molecule has 0 spiro atoms. The lowest BCUT2D eigenvalue weighted by molar-refractivity contribution is -0.785. The van der Waals surface area contributed by atoms with E-state index in [1.165, 1.54) is 11.1 Å². The largest absolute Gasteiger partial charge is 0.391 e. The lowest BCUT2D eigenvalue weighted by Gasteiger charge is -2.24. The summed E-state index contributed by atoms with van der Waals surface area (Å²) < 4.78 is 0. The summed E-state index contributed by atoms with van der Waals surface area (Å²) in [6, 6.07) is 21.1. The lowest BCUT2D eigenvalue weighted by atomic mass is 9.93. The van der Waals surface area contributed by atoms with E-state index >= 15 is 0 Å². The van der Waals surface area contributed by atoms with Crippen molar-refractivity contribution in [1.29, 1.82) is 0 Å². The molecule has 2 aromatic carbocycles. The molecule has 0 saturated carbocycles. The van der Waals surface area contributed by atoms with E-state index in [0.717, 1.165) is 0 Å². The minimum atomic E-state index is 0.158. The molecule has 0 aliphatic carbocycles. The fraction of sp³-hybridized carbons (Fsp3) is 0.333. The van der Waals surface area contributed by atoms with Crippen molar-refractivity contribution in [2.24, 2.45) is 0 Å². The maximum Gasteiger partial charge on any atom is 0.168 e. The molecular weight excluding hydrogens is 276 g/mol. The van der Waals surface area contributed by atoms with Gasteiger partial charge in [-0.25, -0.2) is 0 Å². The second kappa shape index (κ2) is 9.33. The quantitative estimate of drug-likeness (QED) is 0.508. The Bertz CT molecular complexity index is 470. The highest BCUT2D eigenvalue weighted by molar-refractivity contribution is 5.24. The molecule has 2 aromatic rings. The van der Waals surface area contributed by atoms with Crippen LogP contribution >= 0.6 is 0 Å². The van der Waals surface area contributed by atoms with Crippen LogP contribution in [0.25, 0.3) is 0 Å². The molecule has 4 heteroatoms. The van der Waals surface area contributed by atoms with Crippen LogP contribution < -0.4 is 10.6 Å². The van der Waals surface area contributed by atoms with Gasteiger partial charge in [0.25, 0.3) is 0 Å². The molecule has 0 unspecified atom stereocenters. The third kappa shape index (κ3) is 4.64. The first-order valence-corrected chi connectivity index (χ1v) is 7.85. The van der Waals surface area contributed by atoms with Gasteiger partial charge < -0.3 is 20.8 Å². The van der Waals surface area contributed by atoms with Crippen LogP contribution in [-0.4, -0.2) is 36.5 Å². The van der Waals surface area contributed by atoms with E-state index in [1.54, 1.807) is 0 Å². The smallest absolute Gasteiger partial charge is 0.168 e. The standard InChI is InChI=1S/C18H24N2O2/c21-13-11-19-17(15-7-3-1-4-8-15)18(20-12-14-22)16-9-5-2-6-10-16/h1-10,17-22H,11-14H2/p+2/t17-,18+. The summed E-state index contributed by atoms with van der Waals surface area (Å²) in [4.78, 5) is 0. The maximum absolute atomic E-state index is 9.21. The summed E-state index contributed by atoms with van der Waals surface area (Å²) in [6.45, 7) is 1.64. The van der Waals surface area contributed by atoms with Crippen molar-refractivity contribution in [2.45, 2.75) is 12.1 Å². The first-order valence-electron chi connectivity index (χ1n) is 7.85. The molecule has 0 aliphatic heterocycles. The van der Waals surface area contributed by atoms with Gasteiger partial charge in [-0.3, -0.25) is 0 Å². The molecule has 0 bridgehead atoms. The van der Waals surface area contributed by atoms with E-state index in [2.05, 4.69) is 34.9 Å². The summed E-state index contributed by atoms with van der Waals surface area (Å²) in [5.74, 6) is 0. The highest BCUT2D eigenvalue weighted by Crippen LogP contribution is 2.22. The highest BCUT2D eigenvalue weighted by atomic mass is 16.3. The Hall–Kier alpha value is -1.72. The van der Waals surface area contributed by atoms with Gasteiger partial charge in [0.15, 0.2) is 12.1 Å². The van der Waals surface area contributed by atoms with Crippen molar-refractivity contribution in [1.82, 2.24) is 0 Å². The summed E-state index contributed by atoms with van der Waals surface area (Å²) >= 11 is 0. The molecule has 22 heavy (non-hydrogen) atoms. The van der Waals surface area contributed by atoms with Crippen molar-refractivity contribution in [3.63, 3.8) is 0 Å². The monoisotopic (exact) mass is 302 g/mol. The fourth-order valence-corrected chi connectivity index (χ4v) is 2.84. The molecule has 2 rings (SSSR count). The van der Waals surface area contributed by atoms with Gasteiger partial charge in [-0.1, -0.05) is 60.7 Å². The Morgan fingerprint density at radius 1 is 0.636 bits per heavy atom. The molecule has 6 N–H and O–H groups in total. The normalized spacial score (nSPS) is 13.7. The minimum absolute atomic E-state index is 0.158. The molecule has 4 nitrogen and oxygen atoms in total. The van der Waals surface area contributed by atoms with E-state index in [9.17, 15) is 10.2 Å². The zero-order valence-electron chi connectivity index (χ0n) is 12.8. The minimum Gasteiger partial charge on any atom is -0.391 e.